The number of hydrazone groups is 1. The minimum Gasteiger partial charge on any atom is -0.271 e. The number of anilines is 1. The zero-order chi connectivity index (χ0) is 16.1. The van der Waals surface area contributed by atoms with Crippen LogP contribution in [0, 0.1) is 21.4 Å². The van der Waals surface area contributed by atoms with Crippen molar-refractivity contribution in [3.8, 4) is 6.07 Å². The normalized spacial score (nSPS) is 10.9. The molecule has 0 unspecified atom stereocenters. The Balaban J connectivity index is 2.27. The van der Waals surface area contributed by atoms with Crippen LogP contribution in [-0.2, 0) is 0 Å². The molecule has 2 rings (SSSR count). The molecular formula is C15H11ClN4O2. The van der Waals surface area contributed by atoms with Crippen molar-refractivity contribution < 1.29 is 4.92 Å². The number of hydrogen-bond donors (Lipinski definition) is 1. The summed E-state index contributed by atoms with van der Waals surface area (Å²) in [7, 11) is 0. The fourth-order valence-corrected chi connectivity index (χ4v) is 1.87. The number of nitriles is 1. The largest absolute Gasteiger partial charge is 0.295 e. The number of benzene rings is 2. The highest BCUT2D eigenvalue weighted by molar-refractivity contribution is 6.30. The lowest BCUT2D eigenvalue weighted by atomic mass is 10.1. The molecule has 2 aromatic rings. The molecule has 0 atom stereocenters. The summed E-state index contributed by atoms with van der Waals surface area (Å²) in [5.41, 5.74) is 4.39. The molecule has 0 spiro atoms. The van der Waals surface area contributed by atoms with Crippen molar-refractivity contribution in [3.63, 3.8) is 0 Å². The first-order valence-corrected chi connectivity index (χ1v) is 6.64. The quantitative estimate of drug-likeness (QED) is 0.525. The first-order valence-electron chi connectivity index (χ1n) is 6.26. The Morgan fingerprint density at radius 3 is 2.59 bits per heavy atom. The van der Waals surface area contributed by atoms with Gasteiger partial charge in [0.15, 0.2) is 0 Å². The average Bonchev–Trinajstić information content (AvgIpc) is 2.53. The molecule has 1 N–H and O–H groups in total. The van der Waals surface area contributed by atoms with Gasteiger partial charge >= 0.3 is 0 Å². The van der Waals surface area contributed by atoms with Crippen molar-refractivity contribution in [2.45, 2.75) is 6.92 Å². The van der Waals surface area contributed by atoms with Gasteiger partial charge < -0.3 is 0 Å². The number of nitro benzene ring substituents is 1. The van der Waals surface area contributed by atoms with Gasteiger partial charge in [0.1, 0.15) is 5.69 Å². The molecule has 0 aromatic heterocycles. The van der Waals surface area contributed by atoms with Crippen molar-refractivity contribution in [2.24, 2.45) is 5.10 Å². The summed E-state index contributed by atoms with van der Waals surface area (Å²) in [5, 5.41) is 24.6. The predicted octanol–water partition coefficient (Wildman–Crippen LogP) is 3.96. The van der Waals surface area contributed by atoms with Crippen LogP contribution in [0.5, 0.6) is 0 Å². The third-order valence-electron chi connectivity index (χ3n) is 2.93. The Labute approximate surface area is 131 Å². The van der Waals surface area contributed by atoms with E-state index < -0.39 is 4.92 Å². The lowest BCUT2D eigenvalue weighted by molar-refractivity contribution is -0.384. The zero-order valence-corrected chi connectivity index (χ0v) is 12.3. The van der Waals surface area contributed by atoms with Gasteiger partial charge in [-0.3, -0.25) is 15.5 Å². The topological polar surface area (TPSA) is 91.3 Å². The van der Waals surface area contributed by atoms with E-state index in [0.717, 1.165) is 5.56 Å². The molecule has 0 fully saturated rings. The summed E-state index contributed by atoms with van der Waals surface area (Å²) in [6.07, 6.45) is 0. The molecule has 0 heterocycles. The molecule has 110 valence electrons. The van der Waals surface area contributed by atoms with Crippen LogP contribution in [0.4, 0.5) is 11.4 Å². The average molecular weight is 315 g/mol. The number of hydrogen-bond acceptors (Lipinski definition) is 5. The highest BCUT2D eigenvalue weighted by Crippen LogP contribution is 2.25. The van der Waals surface area contributed by atoms with Crippen molar-refractivity contribution >= 4 is 28.7 Å². The van der Waals surface area contributed by atoms with E-state index in [2.05, 4.69) is 10.5 Å². The van der Waals surface area contributed by atoms with Crippen LogP contribution in [-0.4, -0.2) is 10.6 Å². The van der Waals surface area contributed by atoms with Gasteiger partial charge in [0.25, 0.3) is 5.69 Å². The molecule has 7 heteroatoms. The third-order valence-corrected chi connectivity index (χ3v) is 3.18. The summed E-state index contributed by atoms with van der Waals surface area (Å²) >= 11 is 5.82. The number of nitrogens with zero attached hydrogens (tertiary/aromatic N) is 3. The van der Waals surface area contributed by atoms with Crippen LogP contribution in [0.2, 0.25) is 5.02 Å². The van der Waals surface area contributed by atoms with E-state index in [0.29, 0.717) is 10.7 Å². The van der Waals surface area contributed by atoms with Gasteiger partial charge in [-0.15, -0.1) is 0 Å². The van der Waals surface area contributed by atoms with Gasteiger partial charge in [-0.25, -0.2) is 0 Å². The molecule has 0 aliphatic heterocycles. The van der Waals surface area contributed by atoms with Crippen molar-refractivity contribution in [1.82, 2.24) is 0 Å². The molecule has 0 saturated carbocycles. The molecular weight excluding hydrogens is 304 g/mol. The minimum absolute atomic E-state index is 0.202. The van der Waals surface area contributed by atoms with Crippen LogP contribution in [0.3, 0.4) is 0 Å². The van der Waals surface area contributed by atoms with Crippen LogP contribution in [0.15, 0.2) is 47.6 Å². The van der Waals surface area contributed by atoms with Crippen LogP contribution in [0.1, 0.15) is 18.1 Å². The standard InChI is InChI=1S/C15H11ClN4O2/c1-10(12-3-5-13(16)6-4-12)18-19-14-7-2-11(9-17)8-15(14)20(21)22/h2-8,19H,1H3. The third kappa shape index (κ3) is 3.59. The fourth-order valence-electron chi connectivity index (χ4n) is 1.75. The number of halogens is 1. The van der Waals surface area contributed by atoms with Gasteiger partial charge in [-0.2, -0.15) is 10.4 Å². The fraction of sp³-hybridized carbons (Fsp3) is 0.0667. The zero-order valence-electron chi connectivity index (χ0n) is 11.6. The Kier molecular flexibility index (Phi) is 4.71. The Morgan fingerprint density at radius 1 is 1.32 bits per heavy atom. The molecule has 0 bridgehead atoms. The SMILES string of the molecule is CC(=NNc1ccc(C#N)cc1[N+](=O)[O-])c1ccc(Cl)cc1. The molecule has 2 aromatic carbocycles. The molecule has 0 aliphatic rings. The van der Waals surface area contributed by atoms with E-state index in [4.69, 9.17) is 16.9 Å². The van der Waals surface area contributed by atoms with Crippen LogP contribution in [0.25, 0.3) is 0 Å². The van der Waals surface area contributed by atoms with E-state index in [9.17, 15) is 10.1 Å². The Hall–Kier alpha value is -2.91. The second kappa shape index (κ2) is 6.70. The summed E-state index contributed by atoms with van der Waals surface area (Å²) in [6, 6.07) is 13.1. The number of nitrogens with one attached hydrogen (secondary N) is 1. The van der Waals surface area contributed by atoms with E-state index in [1.807, 2.05) is 6.07 Å². The Bertz CT molecular complexity index is 779. The van der Waals surface area contributed by atoms with Crippen LogP contribution >= 0.6 is 11.6 Å². The second-order valence-electron chi connectivity index (χ2n) is 4.42. The maximum absolute atomic E-state index is 11.0. The van der Waals surface area contributed by atoms with Crippen molar-refractivity contribution in [1.29, 1.82) is 5.26 Å². The summed E-state index contributed by atoms with van der Waals surface area (Å²) < 4.78 is 0. The molecule has 0 radical (unpaired) electrons. The second-order valence-corrected chi connectivity index (χ2v) is 4.85. The van der Waals surface area contributed by atoms with Crippen molar-refractivity contribution in [3.05, 3.63) is 68.7 Å². The Morgan fingerprint density at radius 2 is 2.00 bits per heavy atom. The van der Waals surface area contributed by atoms with Gasteiger partial charge in [-0.1, -0.05) is 23.7 Å². The van der Waals surface area contributed by atoms with Gasteiger partial charge in [0, 0.05) is 11.1 Å². The van der Waals surface area contributed by atoms with Gasteiger partial charge in [0.2, 0.25) is 0 Å². The molecule has 22 heavy (non-hydrogen) atoms. The molecule has 0 aliphatic carbocycles. The lowest BCUT2D eigenvalue weighted by Gasteiger charge is -2.05. The van der Waals surface area contributed by atoms with Gasteiger partial charge in [0.05, 0.1) is 22.3 Å². The van der Waals surface area contributed by atoms with Gasteiger partial charge in [-0.05, 0) is 36.8 Å². The molecule has 0 saturated heterocycles. The lowest BCUT2D eigenvalue weighted by Crippen LogP contribution is -2.02. The smallest absolute Gasteiger partial charge is 0.271 e. The first kappa shape index (κ1) is 15.5. The number of rotatable bonds is 4. The molecule has 6 nitrogen and oxygen atoms in total. The summed E-state index contributed by atoms with van der Waals surface area (Å²) in [4.78, 5) is 10.5. The number of nitro groups is 1. The maximum Gasteiger partial charge on any atom is 0.295 e. The highest BCUT2D eigenvalue weighted by atomic mass is 35.5. The first-order chi connectivity index (χ1) is 10.5. The van der Waals surface area contributed by atoms with E-state index in [1.165, 1.54) is 18.2 Å². The predicted molar refractivity (Wildman–Crippen MR) is 85.1 cm³/mol. The maximum atomic E-state index is 11.0. The summed E-state index contributed by atoms with van der Waals surface area (Å²) in [6.45, 7) is 1.77. The minimum atomic E-state index is -0.559. The summed E-state index contributed by atoms with van der Waals surface area (Å²) in [5.74, 6) is 0. The van der Waals surface area contributed by atoms with E-state index in [1.54, 1.807) is 31.2 Å². The van der Waals surface area contributed by atoms with E-state index in [-0.39, 0.29) is 16.9 Å². The highest BCUT2D eigenvalue weighted by Gasteiger charge is 2.14. The molecule has 0 amide bonds. The van der Waals surface area contributed by atoms with E-state index >= 15 is 0 Å². The van der Waals surface area contributed by atoms with Crippen LogP contribution < -0.4 is 5.43 Å². The van der Waals surface area contributed by atoms with Crippen molar-refractivity contribution in [2.75, 3.05) is 5.43 Å². The monoisotopic (exact) mass is 314 g/mol.